The Balaban J connectivity index is 2.55. The van der Waals surface area contributed by atoms with Gasteiger partial charge in [-0.2, -0.15) is 0 Å². The third-order valence-electron chi connectivity index (χ3n) is 4.98. The maximum absolute atomic E-state index is 12.4. The normalized spacial score (nSPS) is 13.4. The Morgan fingerprint density at radius 1 is 1.37 bits per heavy atom. The van der Waals surface area contributed by atoms with Gasteiger partial charge in [-0.3, -0.25) is 4.79 Å². The molecule has 0 amide bonds. The zero-order chi connectivity index (χ0) is 20.1. The van der Waals surface area contributed by atoms with Crippen LogP contribution in [0.3, 0.4) is 0 Å². The number of carbonyl (C=O) groups is 2. The number of anilines is 1. The van der Waals surface area contributed by atoms with Gasteiger partial charge in [0, 0.05) is 31.1 Å². The Kier molecular flexibility index (Phi) is 6.88. The number of cyclic esters (lactones) is 1. The van der Waals surface area contributed by atoms with Crippen molar-refractivity contribution in [1.29, 1.82) is 0 Å². The molecule has 1 aliphatic heterocycles. The first kappa shape index (κ1) is 20.8. The van der Waals surface area contributed by atoms with Crippen molar-refractivity contribution >= 4 is 17.6 Å². The number of hydrogen-bond acceptors (Lipinski definition) is 5. The second-order valence-electron chi connectivity index (χ2n) is 6.98. The van der Waals surface area contributed by atoms with Crippen LogP contribution in [-0.2, 0) is 22.6 Å². The number of nitrogens with zero attached hydrogens (tertiary/aromatic N) is 1. The maximum Gasteiger partial charge on any atom is 0.341 e. The van der Waals surface area contributed by atoms with Gasteiger partial charge in [0.1, 0.15) is 12.4 Å². The summed E-state index contributed by atoms with van der Waals surface area (Å²) in [7, 11) is 3.62. The lowest BCUT2D eigenvalue weighted by atomic mass is 9.92. The SMILES string of the molecule is CCCN(C)c1c(C/C=C(\C)CCC(=O)O)c(OC)c(C)c2c1C(=O)OC2. The van der Waals surface area contributed by atoms with Crippen molar-refractivity contribution in [2.75, 3.05) is 25.6 Å². The van der Waals surface area contributed by atoms with Crippen molar-refractivity contribution in [3.8, 4) is 5.75 Å². The molecule has 6 heteroatoms. The Hall–Kier alpha value is -2.50. The van der Waals surface area contributed by atoms with E-state index in [0.717, 1.165) is 46.7 Å². The van der Waals surface area contributed by atoms with Crippen LogP contribution in [-0.4, -0.2) is 37.7 Å². The first-order valence-electron chi connectivity index (χ1n) is 9.29. The van der Waals surface area contributed by atoms with Crippen LogP contribution in [0.25, 0.3) is 0 Å². The Morgan fingerprint density at radius 3 is 2.67 bits per heavy atom. The largest absolute Gasteiger partial charge is 0.496 e. The molecule has 2 rings (SSSR count). The molecule has 1 heterocycles. The highest BCUT2D eigenvalue weighted by Gasteiger charge is 2.33. The van der Waals surface area contributed by atoms with Gasteiger partial charge in [-0.05, 0) is 38.7 Å². The molecule has 27 heavy (non-hydrogen) atoms. The summed E-state index contributed by atoms with van der Waals surface area (Å²) in [6, 6.07) is 0. The molecule has 0 aromatic heterocycles. The Morgan fingerprint density at radius 2 is 2.07 bits per heavy atom. The summed E-state index contributed by atoms with van der Waals surface area (Å²) >= 11 is 0. The zero-order valence-corrected chi connectivity index (χ0v) is 16.8. The number of aliphatic carboxylic acids is 1. The van der Waals surface area contributed by atoms with E-state index in [2.05, 4.69) is 11.8 Å². The Bertz CT molecular complexity index is 767. The van der Waals surface area contributed by atoms with Crippen LogP contribution in [0, 0.1) is 6.92 Å². The molecule has 148 valence electrons. The van der Waals surface area contributed by atoms with E-state index >= 15 is 0 Å². The van der Waals surface area contributed by atoms with E-state index in [1.54, 1.807) is 7.11 Å². The van der Waals surface area contributed by atoms with Crippen molar-refractivity contribution in [2.45, 2.75) is 53.1 Å². The van der Waals surface area contributed by atoms with Gasteiger partial charge in [0.05, 0.1) is 18.4 Å². The number of carboxylic acids is 1. The highest BCUT2D eigenvalue weighted by molar-refractivity contribution is 6.01. The first-order valence-corrected chi connectivity index (χ1v) is 9.29. The molecule has 0 saturated carbocycles. The lowest BCUT2D eigenvalue weighted by Gasteiger charge is -2.26. The summed E-state index contributed by atoms with van der Waals surface area (Å²) in [5, 5.41) is 8.87. The van der Waals surface area contributed by atoms with Crippen molar-refractivity contribution in [1.82, 2.24) is 0 Å². The predicted molar refractivity (Wildman–Crippen MR) is 105 cm³/mol. The topological polar surface area (TPSA) is 76.1 Å². The number of benzene rings is 1. The molecular formula is C21H29NO5. The fraction of sp³-hybridized carbons (Fsp3) is 0.524. The average Bonchev–Trinajstić information content (AvgIpc) is 3.00. The smallest absolute Gasteiger partial charge is 0.341 e. The molecule has 1 N–H and O–H groups in total. The zero-order valence-electron chi connectivity index (χ0n) is 16.8. The van der Waals surface area contributed by atoms with E-state index in [1.807, 2.05) is 27.0 Å². The molecule has 0 atom stereocenters. The van der Waals surface area contributed by atoms with Gasteiger partial charge >= 0.3 is 11.9 Å². The number of ether oxygens (including phenoxy) is 2. The summed E-state index contributed by atoms with van der Waals surface area (Å²) in [4.78, 5) is 25.3. The molecule has 0 unspecified atom stereocenters. The number of hydrogen-bond donors (Lipinski definition) is 1. The van der Waals surface area contributed by atoms with E-state index in [9.17, 15) is 9.59 Å². The van der Waals surface area contributed by atoms with Gasteiger partial charge < -0.3 is 19.5 Å². The molecule has 0 aliphatic carbocycles. The molecule has 0 radical (unpaired) electrons. The van der Waals surface area contributed by atoms with Crippen molar-refractivity contribution < 1.29 is 24.2 Å². The predicted octanol–water partition coefficient (Wildman–Crippen LogP) is 3.87. The number of esters is 1. The van der Waals surface area contributed by atoms with Gasteiger partial charge in [0.25, 0.3) is 0 Å². The average molecular weight is 375 g/mol. The minimum Gasteiger partial charge on any atom is -0.496 e. The number of rotatable bonds is 9. The quantitative estimate of drug-likeness (QED) is 0.521. The van der Waals surface area contributed by atoms with Gasteiger partial charge in [-0.25, -0.2) is 4.79 Å². The van der Waals surface area contributed by atoms with E-state index in [0.29, 0.717) is 18.4 Å². The number of carboxylic acid groups (broad SMARTS) is 1. The van der Waals surface area contributed by atoms with E-state index < -0.39 is 5.97 Å². The summed E-state index contributed by atoms with van der Waals surface area (Å²) in [6.45, 7) is 7.06. The Labute approximate surface area is 160 Å². The fourth-order valence-corrected chi connectivity index (χ4v) is 3.58. The van der Waals surface area contributed by atoms with Gasteiger partial charge in [0.2, 0.25) is 0 Å². The highest BCUT2D eigenvalue weighted by Crippen LogP contribution is 2.42. The monoisotopic (exact) mass is 375 g/mol. The fourth-order valence-electron chi connectivity index (χ4n) is 3.58. The number of allylic oxidation sites excluding steroid dienone is 2. The summed E-state index contributed by atoms with van der Waals surface area (Å²) < 4.78 is 11.0. The second kappa shape index (κ2) is 8.93. The molecule has 1 aliphatic rings. The molecule has 0 spiro atoms. The number of carbonyl (C=O) groups excluding carboxylic acids is 1. The molecular weight excluding hydrogens is 346 g/mol. The van der Waals surface area contributed by atoms with Crippen LogP contribution in [0.4, 0.5) is 5.69 Å². The highest BCUT2D eigenvalue weighted by atomic mass is 16.5. The van der Waals surface area contributed by atoms with Gasteiger partial charge in [-0.15, -0.1) is 0 Å². The first-order chi connectivity index (χ1) is 12.8. The van der Waals surface area contributed by atoms with Crippen LogP contribution in [0.2, 0.25) is 0 Å². The van der Waals surface area contributed by atoms with Crippen LogP contribution >= 0.6 is 0 Å². The third-order valence-corrected chi connectivity index (χ3v) is 4.98. The summed E-state index contributed by atoms with van der Waals surface area (Å²) in [6.07, 6.45) is 4.15. The minimum atomic E-state index is -0.806. The molecule has 1 aromatic rings. The number of fused-ring (bicyclic) bond motifs is 1. The van der Waals surface area contributed by atoms with E-state index in [1.165, 1.54) is 0 Å². The summed E-state index contributed by atoms with van der Waals surface area (Å²) in [5.41, 5.74) is 5.26. The van der Waals surface area contributed by atoms with Gasteiger partial charge in [0.15, 0.2) is 0 Å². The van der Waals surface area contributed by atoms with E-state index in [4.69, 9.17) is 14.6 Å². The molecule has 6 nitrogen and oxygen atoms in total. The summed E-state index contributed by atoms with van der Waals surface area (Å²) in [5.74, 6) is -0.325. The van der Waals surface area contributed by atoms with Crippen LogP contribution in [0.5, 0.6) is 5.75 Å². The second-order valence-corrected chi connectivity index (χ2v) is 6.98. The van der Waals surface area contributed by atoms with Crippen LogP contribution in [0.15, 0.2) is 11.6 Å². The van der Waals surface area contributed by atoms with Crippen LogP contribution < -0.4 is 9.64 Å². The lowest BCUT2D eigenvalue weighted by molar-refractivity contribution is -0.136. The van der Waals surface area contributed by atoms with Crippen molar-refractivity contribution in [3.63, 3.8) is 0 Å². The minimum absolute atomic E-state index is 0.109. The van der Waals surface area contributed by atoms with Crippen molar-refractivity contribution in [3.05, 3.63) is 33.9 Å². The molecule has 0 saturated heterocycles. The van der Waals surface area contributed by atoms with E-state index in [-0.39, 0.29) is 19.0 Å². The van der Waals surface area contributed by atoms with Crippen molar-refractivity contribution in [2.24, 2.45) is 0 Å². The maximum atomic E-state index is 12.4. The third kappa shape index (κ3) is 4.43. The molecule has 0 fully saturated rings. The number of methoxy groups -OCH3 is 1. The van der Waals surface area contributed by atoms with Crippen LogP contribution in [0.1, 0.15) is 60.2 Å². The molecule has 0 bridgehead atoms. The van der Waals surface area contributed by atoms with Gasteiger partial charge in [-0.1, -0.05) is 18.6 Å². The molecule has 1 aromatic carbocycles. The lowest BCUT2D eigenvalue weighted by Crippen LogP contribution is -2.23. The standard InChI is InChI=1S/C21H29NO5/c1-6-11-22(4)19-15(9-7-13(2)8-10-17(23)24)20(26-5)14(3)16-12-27-21(25)18(16)19/h7H,6,8-12H2,1-5H3,(H,23,24)/b13-7+.